The lowest BCUT2D eigenvalue weighted by Crippen LogP contribution is -2.28. The van der Waals surface area contributed by atoms with Crippen LogP contribution < -0.4 is 9.21 Å². The zero-order valence-corrected chi connectivity index (χ0v) is 15.2. The number of benzene rings is 2. The minimum absolute atomic E-state index is 0.0199. The number of hydrogen-bond donors (Lipinski definition) is 0. The number of likely N-dealkylation sites (N-methyl/N-ethyl adjacent to an activating group) is 1. The molecule has 5 nitrogen and oxygen atoms in total. The highest BCUT2D eigenvalue weighted by atomic mass is 32.2. The number of amides is 1. The van der Waals surface area contributed by atoms with E-state index in [-0.39, 0.29) is 5.91 Å². The van der Waals surface area contributed by atoms with Gasteiger partial charge in [0, 0.05) is 19.8 Å². The predicted molar refractivity (Wildman–Crippen MR) is 98.0 cm³/mol. The summed E-state index contributed by atoms with van der Waals surface area (Å²) in [7, 11) is -0.0824. The average Bonchev–Trinajstić information content (AvgIpc) is 2.55. The molecule has 0 spiro atoms. The van der Waals surface area contributed by atoms with Gasteiger partial charge in [-0.3, -0.25) is 9.10 Å². The van der Waals surface area contributed by atoms with Crippen molar-refractivity contribution < 1.29 is 13.2 Å². The predicted octanol–water partition coefficient (Wildman–Crippen LogP) is 2.60. The Kier molecular flexibility index (Phi) is 5.29. The Bertz CT molecular complexity index is 830. The molecule has 1 amide bonds. The Morgan fingerprint density at radius 1 is 0.958 bits per heavy atom. The van der Waals surface area contributed by atoms with Crippen LogP contribution in [-0.2, 0) is 21.2 Å². The SMILES string of the molecule is Cc1ccccc1CC(=O)N(C)c1ccc(N(C)S(C)(=O)=O)cc1. The van der Waals surface area contributed by atoms with E-state index in [1.807, 2.05) is 31.2 Å². The Morgan fingerprint density at radius 3 is 2.04 bits per heavy atom. The van der Waals surface area contributed by atoms with E-state index in [1.165, 1.54) is 11.4 Å². The molecule has 0 aliphatic carbocycles. The van der Waals surface area contributed by atoms with Gasteiger partial charge in [-0.25, -0.2) is 8.42 Å². The van der Waals surface area contributed by atoms with Crippen LogP contribution in [0.15, 0.2) is 48.5 Å². The molecule has 0 heterocycles. The maximum absolute atomic E-state index is 12.5. The molecule has 0 radical (unpaired) electrons. The van der Waals surface area contributed by atoms with Gasteiger partial charge in [-0.1, -0.05) is 24.3 Å². The van der Waals surface area contributed by atoms with Crippen molar-refractivity contribution in [3.63, 3.8) is 0 Å². The van der Waals surface area contributed by atoms with Gasteiger partial charge in [-0.05, 0) is 42.3 Å². The van der Waals surface area contributed by atoms with Gasteiger partial charge in [0.25, 0.3) is 0 Å². The quantitative estimate of drug-likeness (QED) is 0.836. The summed E-state index contributed by atoms with van der Waals surface area (Å²) < 4.78 is 24.3. The van der Waals surface area contributed by atoms with Crippen LogP contribution >= 0.6 is 0 Å². The van der Waals surface area contributed by atoms with E-state index in [1.54, 1.807) is 36.2 Å². The molecular weight excluding hydrogens is 324 g/mol. The largest absolute Gasteiger partial charge is 0.315 e. The van der Waals surface area contributed by atoms with Gasteiger partial charge in [0.15, 0.2) is 0 Å². The summed E-state index contributed by atoms with van der Waals surface area (Å²) in [6.07, 6.45) is 1.48. The first-order chi connectivity index (χ1) is 11.2. The second kappa shape index (κ2) is 7.05. The van der Waals surface area contributed by atoms with E-state index in [4.69, 9.17) is 0 Å². The monoisotopic (exact) mass is 346 g/mol. The zero-order chi connectivity index (χ0) is 17.9. The molecule has 0 bridgehead atoms. The Labute approximate surface area is 143 Å². The molecule has 0 aliphatic heterocycles. The molecule has 0 aliphatic rings. The fourth-order valence-corrected chi connectivity index (χ4v) is 2.82. The Morgan fingerprint density at radius 2 is 1.50 bits per heavy atom. The van der Waals surface area contributed by atoms with Crippen LogP contribution in [0.25, 0.3) is 0 Å². The summed E-state index contributed by atoms with van der Waals surface area (Å²) in [4.78, 5) is 14.0. The smallest absolute Gasteiger partial charge is 0.231 e. The second-order valence-electron chi connectivity index (χ2n) is 5.80. The van der Waals surface area contributed by atoms with Crippen molar-refractivity contribution in [2.75, 3.05) is 29.6 Å². The van der Waals surface area contributed by atoms with Crippen molar-refractivity contribution in [2.24, 2.45) is 0 Å². The van der Waals surface area contributed by atoms with Crippen LogP contribution in [0, 0.1) is 6.92 Å². The van der Waals surface area contributed by atoms with E-state index < -0.39 is 10.0 Å². The number of hydrogen-bond acceptors (Lipinski definition) is 3. The summed E-state index contributed by atoms with van der Waals surface area (Å²) in [5.74, 6) is -0.0199. The molecule has 0 N–H and O–H groups in total. The van der Waals surface area contributed by atoms with Crippen molar-refractivity contribution >= 4 is 27.3 Å². The molecule has 0 saturated heterocycles. The molecule has 0 fully saturated rings. The van der Waals surface area contributed by atoms with Crippen LogP contribution in [0.1, 0.15) is 11.1 Å². The molecule has 2 aromatic rings. The lowest BCUT2D eigenvalue weighted by molar-refractivity contribution is -0.117. The molecule has 24 heavy (non-hydrogen) atoms. The minimum Gasteiger partial charge on any atom is -0.315 e. The number of sulfonamides is 1. The molecule has 0 aromatic heterocycles. The van der Waals surface area contributed by atoms with E-state index in [0.717, 1.165) is 23.1 Å². The van der Waals surface area contributed by atoms with Crippen molar-refractivity contribution in [2.45, 2.75) is 13.3 Å². The molecule has 6 heteroatoms. The summed E-state index contributed by atoms with van der Waals surface area (Å²) in [6.45, 7) is 1.98. The summed E-state index contributed by atoms with van der Waals surface area (Å²) in [5.41, 5.74) is 3.37. The number of aryl methyl sites for hydroxylation is 1. The third-order valence-corrected chi connectivity index (χ3v) is 5.28. The van der Waals surface area contributed by atoms with Gasteiger partial charge in [0.1, 0.15) is 0 Å². The zero-order valence-electron chi connectivity index (χ0n) is 14.4. The van der Waals surface area contributed by atoms with E-state index in [9.17, 15) is 13.2 Å². The number of rotatable bonds is 5. The van der Waals surface area contributed by atoms with Crippen LogP contribution in [-0.4, -0.2) is 34.7 Å². The van der Waals surface area contributed by atoms with Crippen molar-refractivity contribution in [1.29, 1.82) is 0 Å². The molecule has 128 valence electrons. The first-order valence-electron chi connectivity index (χ1n) is 7.55. The van der Waals surface area contributed by atoms with Crippen molar-refractivity contribution in [3.05, 3.63) is 59.7 Å². The van der Waals surface area contributed by atoms with Crippen LogP contribution in [0.4, 0.5) is 11.4 Å². The maximum atomic E-state index is 12.5. The Hall–Kier alpha value is -2.34. The average molecular weight is 346 g/mol. The molecular formula is C18H22N2O3S. The first kappa shape index (κ1) is 18.0. The van der Waals surface area contributed by atoms with Crippen LogP contribution in [0.3, 0.4) is 0 Å². The first-order valence-corrected chi connectivity index (χ1v) is 9.40. The fourth-order valence-electron chi connectivity index (χ4n) is 2.31. The topological polar surface area (TPSA) is 57.7 Å². The second-order valence-corrected chi connectivity index (χ2v) is 7.82. The van der Waals surface area contributed by atoms with Gasteiger partial charge in [0.05, 0.1) is 18.4 Å². The molecule has 2 aromatic carbocycles. The number of carbonyl (C=O) groups is 1. The standard InChI is InChI=1S/C18H22N2O3S/c1-14-7-5-6-8-15(14)13-18(21)19(2)16-9-11-17(12-10-16)20(3)24(4,22)23/h5-12H,13H2,1-4H3. The van der Waals surface area contributed by atoms with Gasteiger partial charge >= 0.3 is 0 Å². The van der Waals surface area contributed by atoms with E-state index in [0.29, 0.717) is 12.1 Å². The van der Waals surface area contributed by atoms with Gasteiger partial charge in [-0.15, -0.1) is 0 Å². The Balaban J connectivity index is 2.14. The highest BCUT2D eigenvalue weighted by Gasteiger charge is 2.15. The normalized spacial score (nSPS) is 11.2. The van der Waals surface area contributed by atoms with Crippen molar-refractivity contribution in [3.8, 4) is 0 Å². The molecule has 0 saturated carbocycles. The maximum Gasteiger partial charge on any atom is 0.231 e. The third-order valence-electron chi connectivity index (χ3n) is 4.08. The van der Waals surface area contributed by atoms with Crippen molar-refractivity contribution in [1.82, 2.24) is 0 Å². The fraction of sp³-hybridized carbons (Fsp3) is 0.278. The third kappa shape index (κ3) is 4.14. The lowest BCUT2D eigenvalue weighted by atomic mass is 10.1. The minimum atomic E-state index is -3.30. The molecule has 2 rings (SSSR count). The van der Waals surface area contributed by atoms with Crippen LogP contribution in [0.2, 0.25) is 0 Å². The van der Waals surface area contributed by atoms with Gasteiger partial charge < -0.3 is 4.90 Å². The van der Waals surface area contributed by atoms with E-state index in [2.05, 4.69) is 0 Å². The number of carbonyl (C=O) groups excluding carboxylic acids is 1. The number of nitrogens with zero attached hydrogens (tertiary/aromatic N) is 2. The lowest BCUT2D eigenvalue weighted by Gasteiger charge is -2.20. The summed E-state index contributed by atoms with van der Waals surface area (Å²) >= 11 is 0. The van der Waals surface area contributed by atoms with Crippen LogP contribution in [0.5, 0.6) is 0 Å². The van der Waals surface area contributed by atoms with E-state index >= 15 is 0 Å². The summed E-state index contributed by atoms with van der Waals surface area (Å²) in [5, 5.41) is 0. The number of anilines is 2. The van der Waals surface area contributed by atoms with Gasteiger partial charge in [0.2, 0.25) is 15.9 Å². The highest BCUT2D eigenvalue weighted by molar-refractivity contribution is 7.92. The summed E-state index contributed by atoms with van der Waals surface area (Å²) in [6, 6.07) is 14.7. The molecule has 0 atom stereocenters. The van der Waals surface area contributed by atoms with Gasteiger partial charge in [-0.2, -0.15) is 0 Å². The highest BCUT2D eigenvalue weighted by Crippen LogP contribution is 2.21. The molecule has 0 unspecified atom stereocenters.